The molecule has 1 aromatic carbocycles. The van der Waals surface area contributed by atoms with Crippen LogP contribution in [0, 0.1) is 0 Å². The van der Waals surface area contributed by atoms with Crippen molar-refractivity contribution in [3.8, 4) is 5.75 Å². The standard InChI is InChI=1S/C19H20N2O3/c1-12(8-13-10-20-17(18(22)23)21-11-13)14-4-5-16-15(9-14)19(2,3)6-7-24-16/h4-5,8-11H,6-7H2,1-3H3,(H,22,23)/b12-8+. The number of hydrogen-bond acceptors (Lipinski definition) is 4. The monoisotopic (exact) mass is 324 g/mol. The van der Waals surface area contributed by atoms with E-state index in [1.54, 1.807) is 0 Å². The third-order valence-electron chi connectivity index (χ3n) is 4.39. The average Bonchev–Trinajstić information content (AvgIpc) is 2.55. The molecular formula is C19H20N2O3. The number of ether oxygens (including phenoxy) is 1. The summed E-state index contributed by atoms with van der Waals surface area (Å²) < 4.78 is 5.75. The summed E-state index contributed by atoms with van der Waals surface area (Å²) in [4.78, 5) is 18.5. The summed E-state index contributed by atoms with van der Waals surface area (Å²) in [6, 6.07) is 6.23. The van der Waals surface area contributed by atoms with Crippen LogP contribution in [0.5, 0.6) is 5.75 Å². The smallest absolute Gasteiger partial charge is 0.373 e. The minimum absolute atomic E-state index is 0.0934. The van der Waals surface area contributed by atoms with Gasteiger partial charge in [-0.05, 0) is 48.1 Å². The quantitative estimate of drug-likeness (QED) is 0.930. The maximum atomic E-state index is 10.8. The van der Waals surface area contributed by atoms with Crippen molar-refractivity contribution in [2.75, 3.05) is 6.61 Å². The molecule has 24 heavy (non-hydrogen) atoms. The molecule has 0 unspecified atom stereocenters. The van der Waals surface area contributed by atoms with Gasteiger partial charge in [-0.2, -0.15) is 0 Å². The lowest BCUT2D eigenvalue weighted by Crippen LogP contribution is -2.26. The van der Waals surface area contributed by atoms with Crippen molar-refractivity contribution in [1.29, 1.82) is 0 Å². The molecule has 0 radical (unpaired) electrons. The number of carboxylic acid groups (broad SMARTS) is 1. The van der Waals surface area contributed by atoms with Gasteiger partial charge >= 0.3 is 5.97 Å². The number of aromatic nitrogens is 2. The van der Waals surface area contributed by atoms with Gasteiger partial charge in [0, 0.05) is 23.5 Å². The minimum Gasteiger partial charge on any atom is -0.493 e. The summed E-state index contributed by atoms with van der Waals surface area (Å²) in [5, 5.41) is 8.84. The van der Waals surface area contributed by atoms with Crippen molar-refractivity contribution in [2.24, 2.45) is 0 Å². The van der Waals surface area contributed by atoms with E-state index in [0.717, 1.165) is 35.5 Å². The summed E-state index contributed by atoms with van der Waals surface area (Å²) in [7, 11) is 0. The van der Waals surface area contributed by atoms with E-state index in [1.165, 1.54) is 18.0 Å². The topological polar surface area (TPSA) is 72.3 Å². The minimum atomic E-state index is -1.13. The molecule has 2 heterocycles. The number of carboxylic acids is 1. The van der Waals surface area contributed by atoms with Crippen molar-refractivity contribution in [3.63, 3.8) is 0 Å². The van der Waals surface area contributed by atoms with Crippen LogP contribution in [-0.4, -0.2) is 27.7 Å². The largest absolute Gasteiger partial charge is 0.493 e. The van der Waals surface area contributed by atoms with Gasteiger partial charge in [0.05, 0.1) is 6.61 Å². The van der Waals surface area contributed by atoms with Crippen LogP contribution in [-0.2, 0) is 5.41 Å². The van der Waals surface area contributed by atoms with Crippen LogP contribution in [0.2, 0.25) is 0 Å². The summed E-state index contributed by atoms with van der Waals surface area (Å²) in [5.74, 6) is -0.367. The molecular weight excluding hydrogens is 304 g/mol. The van der Waals surface area contributed by atoms with E-state index in [1.807, 2.05) is 25.1 Å². The maximum absolute atomic E-state index is 10.8. The van der Waals surface area contributed by atoms with Crippen LogP contribution in [0.1, 0.15) is 54.5 Å². The van der Waals surface area contributed by atoms with Crippen LogP contribution in [0.25, 0.3) is 11.6 Å². The number of nitrogens with zero attached hydrogens (tertiary/aromatic N) is 2. The summed E-state index contributed by atoms with van der Waals surface area (Å²) in [6.45, 7) is 7.23. The Bertz CT molecular complexity index is 808. The molecule has 1 aliphatic rings. The van der Waals surface area contributed by atoms with E-state index in [-0.39, 0.29) is 11.2 Å². The first kappa shape index (κ1) is 16.2. The molecule has 2 aromatic rings. The van der Waals surface area contributed by atoms with Gasteiger partial charge in [-0.15, -0.1) is 0 Å². The highest BCUT2D eigenvalue weighted by Crippen LogP contribution is 2.39. The number of allylic oxidation sites excluding steroid dienone is 1. The Hall–Kier alpha value is -2.69. The number of aromatic carboxylic acids is 1. The SMILES string of the molecule is C/C(=C\c1cnc(C(=O)O)nc1)c1ccc2c(c1)C(C)(C)CCO2. The van der Waals surface area contributed by atoms with E-state index in [9.17, 15) is 4.79 Å². The van der Waals surface area contributed by atoms with Gasteiger partial charge in [0.1, 0.15) is 5.75 Å². The number of fused-ring (bicyclic) bond motifs is 1. The third kappa shape index (κ3) is 3.15. The van der Waals surface area contributed by atoms with Crippen molar-refractivity contribution in [3.05, 3.63) is 53.1 Å². The Labute approximate surface area is 141 Å². The van der Waals surface area contributed by atoms with Gasteiger partial charge in [0.15, 0.2) is 0 Å². The fourth-order valence-electron chi connectivity index (χ4n) is 2.84. The molecule has 0 spiro atoms. The predicted molar refractivity (Wildman–Crippen MR) is 92.1 cm³/mol. The van der Waals surface area contributed by atoms with E-state index in [0.29, 0.717) is 0 Å². The van der Waals surface area contributed by atoms with Crippen LogP contribution >= 0.6 is 0 Å². The molecule has 0 aliphatic carbocycles. The number of carbonyl (C=O) groups is 1. The first-order chi connectivity index (χ1) is 11.4. The second kappa shape index (κ2) is 6.07. The Morgan fingerprint density at radius 2 is 2.00 bits per heavy atom. The molecule has 0 atom stereocenters. The van der Waals surface area contributed by atoms with Gasteiger partial charge in [-0.1, -0.05) is 19.9 Å². The summed E-state index contributed by atoms with van der Waals surface area (Å²) in [6.07, 6.45) is 5.98. The molecule has 5 heteroatoms. The lowest BCUT2D eigenvalue weighted by molar-refractivity contribution is 0.0683. The normalized spacial score (nSPS) is 16.2. The highest BCUT2D eigenvalue weighted by atomic mass is 16.5. The van der Waals surface area contributed by atoms with Crippen LogP contribution in [0.4, 0.5) is 0 Å². The average molecular weight is 324 g/mol. The van der Waals surface area contributed by atoms with Crippen molar-refractivity contribution >= 4 is 17.6 Å². The zero-order valence-electron chi connectivity index (χ0n) is 14.0. The van der Waals surface area contributed by atoms with Gasteiger partial charge in [-0.3, -0.25) is 0 Å². The highest BCUT2D eigenvalue weighted by molar-refractivity contribution is 5.84. The second-order valence-corrected chi connectivity index (χ2v) is 6.67. The van der Waals surface area contributed by atoms with E-state index in [4.69, 9.17) is 9.84 Å². The summed E-state index contributed by atoms with van der Waals surface area (Å²) in [5.41, 5.74) is 4.25. The first-order valence-corrected chi connectivity index (χ1v) is 7.88. The van der Waals surface area contributed by atoms with Crippen LogP contribution < -0.4 is 4.74 Å². The van der Waals surface area contributed by atoms with Crippen LogP contribution in [0.15, 0.2) is 30.6 Å². The molecule has 0 amide bonds. The van der Waals surface area contributed by atoms with E-state index >= 15 is 0 Å². The Morgan fingerprint density at radius 1 is 1.29 bits per heavy atom. The molecule has 1 aromatic heterocycles. The first-order valence-electron chi connectivity index (χ1n) is 7.88. The molecule has 5 nitrogen and oxygen atoms in total. The fraction of sp³-hybridized carbons (Fsp3) is 0.316. The fourth-order valence-corrected chi connectivity index (χ4v) is 2.84. The highest BCUT2D eigenvalue weighted by Gasteiger charge is 2.28. The van der Waals surface area contributed by atoms with Gasteiger partial charge in [-0.25, -0.2) is 14.8 Å². The van der Waals surface area contributed by atoms with Crippen molar-refractivity contribution in [2.45, 2.75) is 32.6 Å². The Kier molecular flexibility index (Phi) is 4.09. The second-order valence-electron chi connectivity index (χ2n) is 6.67. The molecule has 1 aliphatic heterocycles. The Balaban J connectivity index is 1.92. The van der Waals surface area contributed by atoms with E-state index < -0.39 is 5.97 Å². The number of rotatable bonds is 3. The Morgan fingerprint density at radius 3 is 2.67 bits per heavy atom. The zero-order chi connectivity index (χ0) is 17.3. The van der Waals surface area contributed by atoms with E-state index in [2.05, 4.69) is 29.9 Å². The molecule has 0 bridgehead atoms. The molecule has 1 N–H and O–H groups in total. The van der Waals surface area contributed by atoms with Crippen molar-refractivity contribution < 1.29 is 14.6 Å². The van der Waals surface area contributed by atoms with Gasteiger partial charge in [0.2, 0.25) is 5.82 Å². The molecule has 0 fully saturated rings. The zero-order valence-corrected chi connectivity index (χ0v) is 14.0. The molecule has 3 rings (SSSR count). The van der Waals surface area contributed by atoms with Gasteiger partial charge < -0.3 is 9.84 Å². The van der Waals surface area contributed by atoms with Gasteiger partial charge in [0.25, 0.3) is 0 Å². The summed E-state index contributed by atoms with van der Waals surface area (Å²) >= 11 is 0. The maximum Gasteiger partial charge on any atom is 0.373 e. The van der Waals surface area contributed by atoms with Crippen molar-refractivity contribution in [1.82, 2.24) is 9.97 Å². The predicted octanol–water partition coefficient (Wildman–Crippen LogP) is 3.80. The molecule has 0 saturated carbocycles. The number of hydrogen-bond donors (Lipinski definition) is 1. The third-order valence-corrected chi connectivity index (χ3v) is 4.39. The lowest BCUT2D eigenvalue weighted by Gasteiger charge is -2.32. The molecule has 0 saturated heterocycles. The van der Waals surface area contributed by atoms with Crippen LogP contribution in [0.3, 0.4) is 0 Å². The lowest BCUT2D eigenvalue weighted by atomic mass is 9.79. The number of benzene rings is 1. The molecule has 124 valence electrons.